The van der Waals surface area contributed by atoms with Gasteiger partial charge in [0.25, 0.3) is 0 Å². The number of nitrogens with zero attached hydrogens (tertiary/aromatic N) is 1. The smallest absolute Gasteiger partial charge is 0.379 e. The van der Waals surface area contributed by atoms with E-state index in [1.807, 2.05) is 32.1 Å². The van der Waals surface area contributed by atoms with Gasteiger partial charge in [0.2, 0.25) is 0 Å². The minimum atomic E-state index is 0. The summed E-state index contributed by atoms with van der Waals surface area (Å²) in [6.07, 6.45) is 19.8. The van der Waals surface area contributed by atoms with Crippen LogP contribution < -0.4 is 0 Å². The molecule has 3 rings (SSSR count). The summed E-state index contributed by atoms with van der Waals surface area (Å²) in [5.74, 6) is 1.45. The van der Waals surface area contributed by atoms with Gasteiger partial charge in [-0.15, -0.1) is 0 Å². The second kappa shape index (κ2) is 11.1. The largest absolute Gasteiger partial charge is 2.00 e. The molecule has 0 aromatic heterocycles. The first kappa shape index (κ1) is 17.5. The molecule has 0 amide bonds. The zero-order chi connectivity index (χ0) is 12.5. The Balaban J connectivity index is 0.000000256. The molecule has 3 fully saturated rings. The van der Waals surface area contributed by atoms with E-state index in [1.54, 1.807) is 0 Å². The number of hydrogen-bond donors (Lipinski definition) is 0. The van der Waals surface area contributed by atoms with Crippen molar-refractivity contribution in [2.45, 2.75) is 6.42 Å². The van der Waals surface area contributed by atoms with E-state index in [0.717, 1.165) is 26.3 Å². The van der Waals surface area contributed by atoms with Gasteiger partial charge in [-0.3, -0.25) is 4.90 Å². The first-order valence-corrected chi connectivity index (χ1v) is 6.62. The third-order valence-corrected chi connectivity index (χ3v) is 3.11. The minimum Gasteiger partial charge on any atom is -0.379 e. The maximum absolute atomic E-state index is 5.30. The number of hydrogen-bond acceptors (Lipinski definition) is 2. The van der Waals surface area contributed by atoms with Crippen LogP contribution in [0.15, 0.2) is 0 Å². The molecule has 0 bridgehead atoms. The van der Waals surface area contributed by atoms with Crippen LogP contribution in [0.5, 0.6) is 0 Å². The molecular weight excluding hydrogens is 278 g/mol. The SMILES string of the molecule is [CH]1[CH][CH][CH][CH]1.[CH]1[CH][CH][C](CCN2CCOCC2)[CH]1.[Fe+2]. The number of ether oxygens (including phenoxy) is 1. The summed E-state index contributed by atoms with van der Waals surface area (Å²) in [6.45, 7) is 5.18. The molecule has 0 N–H and O–H groups in total. The third kappa shape index (κ3) is 7.70. The summed E-state index contributed by atoms with van der Waals surface area (Å²) in [7, 11) is 0. The monoisotopic (exact) mass is 299 g/mol. The first-order chi connectivity index (χ1) is 8.95. The summed E-state index contributed by atoms with van der Waals surface area (Å²) in [4.78, 5) is 2.47. The van der Waals surface area contributed by atoms with Crippen LogP contribution in [-0.2, 0) is 21.8 Å². The van der Waals surface area contributed by atoms with Crippen molar-refractivity contribution in [3.05, 3.63) is 63.7 Å². The second-order valence-electron chi connectivity index (χ2n) is 4.46. The van der Waals surface area contributed by atoms with Gasteiger partial charge in [-0.1, -0.05) is 0 Å². The Labute approximate surface area is 130 Å². The fraction of sp³-hybridized carbons (Fsp3) is 0.375. The summed E-state index contributed by atoms with van der Waals surface area (Å²) >= 11 is 0. The minimum absolute atomic E-state index is 0. The summed E-state index contributed by atoms with van der Waals surface area (Å²) < 4.78 is 5.30. The van der Waals surface area contributed by atoms with Crippen molar-refractivity contribution in [2.75, 3.05) is 32.8 Å². The van der Waals surface area contributed by atoms with Crippen LogP contribution in [0.3, 0.4) is 0 Å². The Hall–Kier alpha value is 0.439. The van der Waals surface area contributed by atoms with Crippen LogP contribution in [0, 0.1) is 63.7 Å². The van der Waals surface area contributed by atoms with Gasteiger partial charge in [-0.25, -0.2) is 0 Å². The molecule has 0 spiro atoms. The van der Waals surface area contributed by atoms with Crippen molar-refractivity contribution in [3.63, 3.8) is 0 Å². The molecule has 0 aromatic rings. The zero-order valence-corrected chi connectivity index (χ0v) is 12.3. The van der Waals surface area contributed by atoms with Crippen molar-refractivity contribution < 1.29 is 21.8 Å². The van der Waals surface area contributed by atoms with E-state index in [1.165, 1.54) is 18.9 Å². The average Bonchev–Trinajstić information content (AvgIpc) is 3.13. The molecule has 0 unspecified atom stereocenters. The molecule has 1 saturated heterocycles. The molecule has 3 heteroatoms. The van der Waals surface area contributed by atoms with Crippen molar-refractivity contribution in [3.8, 4) is 0 Å². The molecule has 2 saturated carbocycles. The normalized spacial score (nSPS) is 24.6. The maximum Gasteiger partial charge on any atom is 2.00 e. The maximum atomic E-state index is 5.30. The van der Waals surface area contributed by atoms with Gasteiger partial charge in [0.05, 0.1) is 13.2 Å². The van der Waals surface area contributed by atoms with Gasteiger partial charge in [0.1, 0.15) is 0 Å². The van der Waals surface area contributed by atoms with Gasteiger partial charge in [-0.2, -0.15) is 0 Å². The number of rotatable bonds is 3. The van der Waals surface area contributed by atoms with E-state index < -0.39 is 0 Å². The van der Waals surface area contributed by atoms with E-state index in [4.69, 9.17) is 4.74 Å². The van der Waals surface area contributed by atoms with Crippen LogP contribution in [0.25, 0.3) is 0 Å². The van der Waals surface area contributed by atoms with Crippen LogP contribution in [0.4, 0.5) is 0 Å². The van der Waals surface area contributed by atoms with Gasteiger partial charge in [0, 0.05) is 13.1 Å². The molecule has 19 heavy (non-hydrogen) atoms. The molecule has 2 nitrogen and oxygen atoms in total. The zero-order valence-electron chi connectivity index (χ0n) is 11.1. The van der Waals surface area contributed by atoms with E-state index >= 15 is 0 Å². The molecular formula is C16H21FeNO+2. The van der Waals surface area contributed by atoms with Crippen LogP contribution in [-0.4, -0.2) is 37.7 Å². The van der Waals surface area contributed by atoms with Crippen LogP contribution in [0.2, 0.25) is 0 Å². The quantitative estimate of drug-likeness (QED) is 0.740. The molecule has 2 aliphatic carbocycles. The van der Waals surface area contributed by atoms with Gasteiger partial charge in [-0.05, 0) is 76.7 Å². The van der Waals surface area contributed by atoms with Crippen LogP contribution in [0.1, 0.15) is 6.42 Å². The molecule has 0 atom stereocenters. The van der Waals surface area contributed by atoms with E-state index in [0.29, 0.717) is 0 Å². The Bertz CT molecular complexity index is 189. The molecule has 1 heterocycles. The van der Waals surface area contributed by atoms with E-state index in [9.17, 15) is 0 Å². The topological polar surface area (TPSA) is 12.5 Å². The summed E-state index contributed by atoms with van der Waals surface area (Å²) in [5, 5.41) is 0. The van der Waals surface area contributed by atoms with Crippen molar-refractivity contribution >= 4 is 0 Å². The standard InChI is InChI=1S/C11H16NO.C5H5.Fe/c1-2-4-11(3-1)5-6-12-7-9-13-10-8-12;1-2-4-5-3-1;/h1-4H,5-10H2;1-5H;/q;;+2. The third-order valence-electron chi connectivity index (χ3n) is 3.11. The van der Waals surface area contributed by atoms with Gasteiger partial charge in [0.15, 0.2) is 0 Å². The van der Waals surface area contributed by atoms with Gasteiger partial charge >= 0.3 is 17.1 Å². The van der Waals surface area contributed by atoms with Crippen molar-refractivity contribution in [2.24, 2.45) is 0 Å². The molecule has 102 valence electrons. The van der Waals surface area contributed by atoms with Crippen molar-refractivity contribution in [1.29, 1.82) is 0 Å². The number of morpholine rings is 1. The van der Waals surface area contributed by atoms with Crippen molar-refractivity contribution in [1.82, 2.24) is 4.90 Å². The summed E-state index contributed by atoms with van der Waals surface area (Å²) in [6, 6.07) is 0. The molecule has 3 aliphatic rings. The van der Waals surface area contributed by atoms with E-state index in [2.05, 4.69) is 30.6 Å². The predicted molar refractivity (Wildman–Crippen MR) is 73.8 cm³/mol. The summed E-state index contributed by atoms with van der Waals surface area (Å²) in [5.41, 5.74) is 0. The molecule has 0 aromatic carbocycles. The predicted octanol–water partition coefficient (Wildman–Crippen LogP) is 2.13. The Kier molecular flexibility index (Phi) is 10.3. The molecule has 10 radical (unpaired) electrons. The van der Waals surface area contributed by atoms with Crippen LogP contribution >= 0.6 is 0 Å². The molecule has 1 aliphatic heterocycles. The Morgan fingerprint density at radius 1 is 0.842 bits per heavy atom. The fourth-order valence-corrected chi connectivity index (χ4v) is 2.01. The van der Waals surface area contributed by atoms with Gasteiger partial charge < -0.3 is 4.74 Å². The first-order valence-electron chi connectivity index (χ1n) is 6.62. The Morgan fingerprint density at radius 2 is 1.37 bits per heavy atom. The second-order valence-corrected chi connectivity index (χ2v) is 4.46. The fourth-order valence-electron chi connectivity index (χ4n) is 2.01. The Morgan fingerprint density at radius 3 is 1.89 bits per heavy atom. The van der Waals surface area contributed by atoms with E-state index in [-0.39, 0.29) is 17.1 Å². The average molecular weight is 299 g/mol.